The van der Waals surface area contributed by atoms with Crippen LogP contribution in [0.5, 0.6) is 0 Å². The summed E-state index contributed by atoms with van der Waals surface area (Å²) in [6, 6.07) is 0. The third kappa shape index (κ3) is 3.31. The summed E-state index contributed by atoms with van der Waals surface area (Å²) in [5.41, 5.74) is 1.26. The SMILES string of the molecule is CC(C)=C[C@H]1[C@H](C(=O)N2CCN(S(C)(=O)=O)CC2)C1(C)C. The Hall–Kier alpha value is -0.880. The Balaban J connectivity index is 1.99. The minimum Gasteiger partial charge on any atom is -0.340 e. The van der Waals surface area contributed by atoms with E-state index in [1.807, 2.05) is 4.90 Å². The third-order valence-corrected chi connectivity index (χ3v) is 6.01. The third-order valence-electron chi connectivity index (χ3n) is 4.71. The maximum atomic E-state index is 12.7. The largest absolute Gasteiger partial charge is 0.340 e. The van der Waals surface area contributed by atoms with Crippen molar-refractivity contribution in [2.45, 2.75) is 27.7 Å². The van der Waals surface area contributed by atoms with Gasteiger partial charge in [0.2, 0.25) is 15.9 Å². The lowest BCUT2D eigenvalue weighted by molar-refractivity contribution is -0.134. The van der Waals surface area contributed by atoms with Crippen molar-refractivity contribution in [3.63, 3.8) is 0 Å². The predicted molar refractivity (Wildman–Crippen MR) is 83.2 cm³/mol. The van der Waals surface area contributed by atoms with Crippen LogP contribution in [0.2, 0.25) is 0 Å². The average Bonchev–Trinajstić information content (AvgIpc) is 2.88. The lowest BCUT2D eigenvalue weighted by atomic mass is 10.1. The molecule has 2 aliphatic rings. The molecule has 6 heteroatoms. The van der Waals surface area contributed by atoms with Crippen LogP contribution in [-0.4, -0.2) is 56.0 Å². The molecule has 21 heavy (non-hydrogen) atoms. The molecular formula is C15H26N2O3S. The highest BCUT2D eigenvalue weighted by Crippen LogP contribution is 2.60. The molecule has 2 rings (SSSR count). The molecule has 1 heterocycles. The van der Waals surface area contributed by atoms with Gasteiger partial charge in [-0.2, -0.15) is 4.31 Å². The summed E-state index contributed by atoms with van der Waals surface area (Å²) in [5.74, 6) is 0.524. The number of piperazine rings is 1. The molecule has 1 aliphatic carbocycles. The second kappa shape index (κ2) is 5.39. The molecule has 1 aliphatic heterocycles. The van der Waals surface area contributed by atoms with Crippen LogP contribution in [0.15, 0.2) is 11.6 Å². The lowest BCUT2D eigenvalue weighted by Gasteiger charge is -2.33. The summed E-state index contributed by atoms with van der Waals surface area (Å²) >= 11 is 0. The Bertz CT molecular complexity index is 553. The number of amides is 1. The van der Waals surface area contributed by atoms with Gasteiger partial charge in [0.05, 0.1) is 12.2 Å². The molecule has 1 amide bonds. The van der Waals surface area contributed by atoms with E-state index in [0.717, 1.165) is 0 Å². The minimum atomic E-state index is -3.14. The van der Waals surface area contributed by atoms with Crippen LogP contribution in [0.3, 0.4) is 0 Å². The van der Waals surface area contributed by atoms with Crippen LogP contribution in [0.25, 0.3) is 0 Å². The number of rotatable bonds is 3. The van der Waals surface area contributed by atoms with Gasteiger partial charge in [-0.15, -0.1) is 0 Å². The van der Waals surface area contributed by atoms with Crippen molar-refractivity contribution in [2.75, 3.05) is 32.4 Å². The molecule has 0 radical (unpaired) electrons. The van der Waals surface area contributed by atoms with Crippen molar-refractivity contribution in [2.24, 2.45) is 17.3 Å². The normalized spacial score (nSPS) is 29.1. The highest BCUT2D eigenvalue weighted by Gasteiger charge is 2.61. The number of nitrogens with zero attached hydrogens (tertiary/aromatic N) is 2. The van der Waals surface area contributed by atoms with Gasteiger partial charge in [-0.25, -0.2) is 8.42 Å². The van der Waals surface area contributed by atoms with Gasteiger partial charge >= 0.3 is 0 Å². The molecule has 0 unspecified atom stereocenters. The van der Waals surface area contributed by atoms with Crippen molar-refractivity contribution in [1.82, 2.24) is 9.21 Å². The Morgan fingerprint density at radius 3 is 2.10 bits per heavy atom. The zero-order valence-electron chi connectivity index (χ0n) is 13.6. The molecular weight excluding hydrogens is 288 g/mol. The van der Waals surface area contributed by atoms with Gasteiger partial charge in [-0.3, -0.25) is 4.79 Å². The molecule has 0 aromatic heterocycles. The van der Waals surface area contributed by atoms with E-state index in [2.05, 4.69) is 33.8 Å². The second-order valence-electron chi connectivity index (χ2n) is 7.06. The van der Waals surface area contributed by atoms with Crippen LogP contribution >= 0.6 is 0 Å². The molecule has 5 nitrogen and oxygen atoms in total. The highest BCUT2D eigenvalue weighted by molar-refractivity contribution is 7.88. The van der Waals surface area contributed by atoms with Crippen molar-refractivity contribution < 1.29 is 13.2 Å². The van der Waals surface area contributed by atoms with E-state index in [-0.39, 0.29) is 17.2 Å². The number of sulfonamides is 1. The fraction of sp³-hybridized carbons (Fsp3) is 0.800. The Morgan fingerprint density at radius 2 is 1.67 bits per heavy atom. The van der Waals surface area contributed by atoms with E-state index in [9.17, 15) is 13.2 Å². The minimum absolute atomic E-state index is 0.0162. The average molecular weight is 314 g/mol. The van der Waals surface area contributed by atoms with E-state index in [0.29, 0.717) is 32.1 Å². The van der Waals surface area contributed by atoms with E-state index < -0.39 is 10.0 Å². The van der Waals surface area contributed by atoms with E-state index in [1.54, 1.807) is 0 Å². The fourth-order valence-electron chi connectivity index (χ4n) is 3.26. The molecule has 2 atom stereocenters. The lowest BCUT2D eigenvalue weighted by Crippen LogP contribution is -2.51. The van der Waals surface area contributed by atoms with Crippen LogP contribution in [0, 0.1) is 17.3 Å². The van der Waals surface area contributed by atoms with Crippen LogP contribution < -0.4 is 0 Å². The van der Waals surface area contributed by atoms with E-state index >= 15 is 0 Å². The van der Waals surface area contributed by atoms with E-state index in [4.69, 9.17) is 0 Å². The monoisotopic (exact) mass is 314 g/mol. The summed E-state index contributed by atoms with van der Waals surface area (Å²) < 4.78 is 24.4. The molecule has 0 bridgehead atoms. The van der Waals surface area contributed by atoms with Crippen molar-refractivity contribution in [3.05, 3.63) is 11.6 Å². The standard InChI is InChI=1S/C15H26N2O3S/c1-11(2)10-12-13(15(12,3)4)14(18)16-6-8-17(9-7-16)21(5,19)20/h10,12-13H,6-9H2,1-5H3/t12-,13+/m0/s1. The molecule has 0 aromatic carbocycles. The van der Waals surface area contributed by atoms with Crippen LogP contribution in [-0.2, 0) is 14.8 Å². The first-order chi connectivity index (χ1) is 9.55. The van der Waals surface area contributed by atoms with E-state index in [1.165, 1.54) is 16.1 Å². The first-order valence-electron chi connectivity index (χ1n) is 7.44. The first kappa shape index (κ1) is 16.5. The number of hydrogen-bond acceptors (Lipinski definition) is 3. The maximum absolute atomic E-state index is 12.7. The van der Waals surface area contributed by atoms with Crippen LogP contribution in [0.4, 0.5) is 0 Å². The smallest absolute Gasteiger partial charge is 0.226 e. The van der Waals surface area contributed by atoms with Gasteiger partial charge in [0, 0.05) is 26.2 Å². The summed E-state index contributed by atoms with van der Waals surface area (Å²) in [4.78, 5) is 14.5. The van der Waals surface area contributed by atoms with Crippen molar-refractivity contribution >= 4 is 15.9 Å². The van der Waals surface area contributed by atoms with Crippen molar-refractivity contribution in [1.29, 1.82) is 0 Å². The fourth-order valence-corrected chi connectivity index (χ4v) is 4.08. The predicted octanol–water partition coefficient (Wildman–Crippen LogP) is 1.33. The molecule has 1 saturated carbocycles. The summed E-state index contributed by atoms with van der Waals surface area (Å²) in [7, 11) is -3.14. The topological polar surface area (TPSA) is 57.7 Å². The molecule has 120 valence electrons. The van der Waals surface area contributed by atoms with Crippen LogP contribution in [0.1, 0.15) is 27.7 Å². The molecule has 1 saturated heterocycles. The van der Waals surface area contributed by atoms with Crippen molar-refractivity contribution in [3.8, 4) is 0 Å². The maximum Gasteiger partial charge on any atom is 0.226 e. The summed E-state index contributed by atoms with van der Waals surface area (Å²) in [6.07, 6.45) is 3.41. The van der Waals surface area contributed by atoms with Gasteiger partial charge in [0.25, 0.3) is 0 Å². The quantitative estimate of drug-likeness (QED) is 0.739. The number of carbonyl (C=O) groups is 1. The summed E-state index contributed by atoms with van der Waals surface area (Å²) in [6.45, 7) is 10.2. The van der Waals surface area contributed by atoms with Gasteiger partial charge in [-0.1, -0.05) is 25.5 Å². The number of allylic oxidation sites excluding steroid dienone is 2. The number of carbonyl (C=O) groups excluding carboxylic acids is 1. The van der Waals surface area contributed by atoms with Gasteiger partial charge in [0.1, 0.15) is 0 Å². The Morgan fingerprint density at radius 1 is 1.14 bits per heavy atom. The first-order valence-corrected chi connectivity index (χ1v) is 9.29. The zero-order chi connectivity index (χ0) is 16.0. The molecule has 0 N–H and O–H groups in total. The Kier molecular flexibility index (Phi) is 4.23. The zero-order valence-corrected chi connectivity index (χ0v) is 14.4. The second-order valence-corrected chi connectivity index (χ2v) is 9.04. The Labute approximate surface area is 128 Å². The van der Waals surface area contributed by atoms with Gasteiger partial charge in [-0.05, 0) is 25.2 Å². The highest BCUT2D eigenvalue weighted by atomic mass is 32.2. The van der Waals surface area contributed by atoms with Gasteiger partial charge < -0.3 is 4.90 Å². The van der Waals surface area contributed by atoms with Gasteiger partial charge in [0.15, 0.2) is 0 Å². The molecule has 0 spiro atoms. The molecule has 0 aromatic rings. The summed E-state index contributed by atoms with van der Waals surface area (Å²) in [5, 5.41) is 0. The molecule has 2 fully saturated rings. The number of hydrogen-bond donors (Lipinski definition) is 0.